The van der Waals surface area contributed by atoms with Gasteiger partial charge in [-0.25, -0.2) is 0 Å². The highest BCUT2D eigenvalue weighted by atomic mass is 16.5. The van der Waals surface area contributed by atoms with E-state index in [1.54, 1.807) is 12.4 Å². The van der Waals surface area contributed by atoms with Crippen molar-refractivity contribution in [2.45, 2.75) is 6.92 Å². The lowest BCUT2D eigenvalue weighted by molar-refractivity contribution is 0.454. The molecule has 0 aromatic carbocycles. The van der Waals surface area contributed by atoms with Crippen LogP contribution in [0, 0.1) is 6.92 Å². The molecule has 0 N–H and O–H groups in total. The second kappa shape index (κ2) is 1.80. The number of pyridine rings is 1. The van der Waals surface area contributed by atoms with Crippen molar-refractivity contribution in [3.63, 3.8) is 0 Å². The number of fused-ring (bicyclic) bond motifs is 1. The fraction of sp³-hybridized carbons (Fsp3) is 0.143. The largest absolute Gasteiger partial charge is 0.354 e. The molecule has 0 atom stereocenters. The van der Waals surface area contributed by atoms with E-state index in [2.05, 4.69) is 10.1 Å². The van der Waals surface area contributed by atoms with Gasteiger partial charge in [0.05, 0.1) is 11.9 Å². The van der Waals surface area contributed by atoms with Crippen molar-refractivity contribution in [1.29, 1.82) is 0 Å². The summed E-state index contributed by atoms with van der Waals surface area (Å²) in [5.74, 6) is 0. The highest BCUT2D eigenvalue weighted by molar-refractivity contribution is 5.77. The predicted octanol–water partition coefficient (Wildman–Crippen LogP) is 1.53. The van der Waals surface area contributed by atoms with E-state index in [9.17, 15) is 0 Å². The van der Waals surface area contributed by atoms with Gasteiger partial charge in [0.25, 0.3) is 0 Å². The number of hydrogen-bond acceptors (Lipinski definition) is 3. The van der Waals surface area contributed by atoms with Gasteiger partial charge in [-0.05, 0) is 13.0 Å². The first-order valence-electron chi connectivity index (χ1n) is 3.04. The fourth-order valence-corrected chi connectivity index (χ4v) is 0.929. The number of hydrogen-bond donors (Lipinski definition) is 0. The maximum atomic E-state index is 4.94. The van der Waals surface area contributed by atoms with Gasteiger partial charge in [-0.3, -0.25) is 4.98 Å². The number of rotatable bonds is 0. The van der Waals surface area contributed by atoms with E-state index in [0.717, 1.165) is 16.7 Å². The van der Waals surface area contributed by atoms with E-state index < -0.39 is 0 Å². The summed E-state index contributed by atoms with van der Waals surface area (Å²) in [6.45, 7) is 1.90. The first-order valence-corrected chi connectivity index (χ1v) is 3.04. The Hall–Kier alpha value is -1.38. The average Bonchev–Trinajstić information content (AvgIpc) is 2.36. The molecule has 2 rings (SSSR count). The Morgan fingerprint density at radius 2 is 2.40 bits per heavy atom. The SMILES string of the molecule is Cc1nccc2cnoc12. The summed E-state index contributed by atoms with van der Waals surface area (Å²) in [6.07, 6.45) is 3.43. The zero-order chi connectivity index (χ0) is 6.97. The van der Waals surface area contributed by atoms with Crippen LogP contribution >= 0.6 is 0 Å². The minimum Gasteiger partial charge on any atom is -0.354 e. The van der Waals surface area contributed by atoms with Crippen LogP contribution in [0.2, 0.25) is 0 Å². The summed E-state index contributed by atoms with van der Waals surface area (Å²) in [4.78, 5) is 4.05. The Morgan fingerprint density at radius 1 is 1.50 bits per heavy atom. The molecule has 0 radical (unpaired) electrons. The van der Waals surface area contributed by atoms with Crippen molar-refractivity contribution in [2.75, 3.05) is 0 Å². The van der Waals surface area contributed by atoms with E-state index in [-0.39, 0.29) is 0 Å². The molecule has 0 aliphatic heterocycles. The third-order valence-corrected chi connectivity index (χ3v) is 1.45. The number of aryl methyl sites for hydroxylation is 1. The highest BCUT2D eigenvalue weighted by Gasteiger charge is 1.99. The summed E-state index contributed by atoms with van der Waals surface area (Å²) in [5, 5.41) is 4.65. The molecule has 2 aromatic rings. The van der Waals surface area contributed by atoms with Crippen molar-refractivity contribution < 1.29 is 4.52 Å². The van der Waals surface area contributed by atoms with Gasteiger partial charge in [0.15, 0.2) is 5.58 Å². The zero-order valence-corrected chi connectivity index (χ0v) is 5.53. The van der Waals surface area contributed by atoms with E-state index >= 15 is 0 Å². The summed E-state index contributed by atoms with van der Waals surface area (Å²) >= 11 is 0. The summed E-state index contributed by atoms with van der Waals surface area (Å²) in [7, 11) is 0. The van der Waals surface area contributed by atoms with Gasteiger partial charge in [0.1, 0.15) is 0 Å². The lowest BCUT2D eigenvalue weighted by Crippen LogP contribution is -1.77. The Balaban J connectivity index is 2.95. The molecule has 0 unspecified atom stereocenters. The molecule has 0 aliphatic rings. The standard InChI is InChI=1S/C7H6N2O/c1-5-7-6(2-3-8-5)4-9-10-7/h2-4H,1H3. The van der Waals surface area contributed by atoms with Crippen molar-refractivity contribution in [2.24, 2.45) is 0 Å². The first-order chi connectivity index (χ1) is 4.88. The molecule has 3 heteroatoms. The molecule has 0 saturated heterocycles. The maximum Gasteiger partial charge on any atom is 0.187 e. The van der Waals surface area contributed by atoms with Crippen LogP contribution in [-0.4, -0.2) is 10.1 Å². The fourth-order valence-electron chi connectivity index (χ4n) is 0.929. The van der Waals surface area contributed by atoms with Crippen LogP contribution in [0.1, 0.15) is 5.69 Å². The molecule has 2 aromatic heterocycles. The minimum atomic E-state index is 0.780. The Kier molecular flexibility index (Phi) is 0.974. The van der Waals surface area contributed by atoms with Gasteiger partial charge < -0.3 is 4.52 Å². The molecular weight excluding hydrogens is 128 g/mol. The van der Waals surface area contributed by atoms with Crippen LogP contribution in [0.15, 0.2) is 23.0 Å². The molecule has 0 saturated carbocycles. The molecule has 0 amide bonds. The summed E-state index contributed by atoms with van der Waals surface area (Å²) in [6, 6.07) is 1.87. The van der Waals surface area contributed by atoms with Gasteiger partial charge in [-0.2, -0.15) is 0 Å². The molecule has 0 aliphatic carbocycles. The molecule has 3 nitrogen and oxygen atoms in total. The van der Waals surface area contributed by atoms with Crippen molar-refractivity contribution in [3.8, 4) is 0 Å². The van der Waals surface area contributed by atoms with Crippen LogP contribution in [0.4, 0.5) is 0 Å². The van der Waals surface area contributed by atoms with Gasteiger partial charge in [-0.15, -0.1) is 0 Å². The molecule has 2 heterocycles. The molecule has 50 valence electrons. The lowest BCUT2D eigenvalue weighted by Gasteiger charge is -1.87. The second-order valence-electron chi connectivity index (χ2n) is 2.14. The quantitative estimate of drug-likeness (QED) is 0.548. The van der Waals surface area contributed by atoms with Gasteiger partial charge in [-0.1, -0.05) is 5.16 Å². The molecule has 0 spiro atoms. The third-order valence-electron chi connectivity index (χ3n) is 1.45. The number of nitrogens with zero attached hydrogens (tertiary/aromatic N) is 2. The second-order valence-corrected chi connectivity index (χ2v) is 2.14. The summed E-state index contributed by atoms with van der Waals surface area (Å²) < 4.78 is 4.94. The molecule has 10 heavy (non-hydrogen) atoms. The minimum absolute atomic E-state index is 0.780. The predicted molar refractivity (Wildman–Crippen MR) is 36.5 cm³/mol. The van der Waals surface area contributed by atoms with E-state index in [4.69, 9.17) is 4.52 Å². The van der Waals surface area contributed by atoms with E-state index in [1.165, 1.54) is 0 Å². The normalized spacial score (nSPS) is 10.5. The maximum absolute atomic E-state index is 4.94. The van der Waals surface area contributed by atoms with E-state index in [0.29, 0.717) is 0 Å². The lowest BCUT2D eigenvalue weighted by atomic mass is 10.3. The van der Waals surface area contributed by atoms with Crippen molar-refractivity contribution in [3.05, 3.63) is 24.2 Å². The monoisotopic (exact) mass is 134 g/mol. The van der Waals surface area contributed by atoms with Crippen LogP contribution in [0.3, 0.4) is 0 Å². The molecular formula is C7H6N2O. The Morgan fingerprint density at radius 3 is 3.20 bits per heavy atom. The summed E-state index contributed by atoms with van der Waals surface area (Å²) in [5.41, 5.74) is 1.66. The topological polar surface area (TPSA) is 38.9 Å². The van der Waals surface area contributed by atoms with Crippen LogP contribution < -0.4 is 0 Å². The molecule has 0 bridgehead atoms. The highest BCUT2D eigenvalue weighted by Crippen LogP contribution is 2.13. The zero-order valence-electron chi connectivity index (χ0n) is 5.53. The van der Waals surface area contributed by atoms with Gasteiger partial charge >= 0.3 is 0 Å². The molecule has 0 fully saturated rings. The van der Waals surface area contributed by atoms with Crippen molar-refractivity contribution >= 4 is 11.0 Å². The number of aromatic nitrogens is 2. The Bertz CT molecular complexity index is 353. The van der Waals surface area contributed by atoms with Gasteiger partial charge in [0.2, 0.25) is 0 Å². The Labute approximate surface area is 57.7 Å². The third kappa shape index (κ3) is 0.603. The van der Waals surface area contributed by atoms with Gasteiger partial charge in [0, 0.05) is 11.6 Å². The van der Waals surface area contributed by atoms with Crippen LogP contribution in [0.5, 0.6) is 0 Å². The van der Waals surface area contributed by atoms with Crippen LogP contribution in [-0.2, 0) is 0 Å². The first kappa shape index (κ1) is 5.41. The van der Waals surface area contributed by atoms with Crippen LogP contribution in [0.25, 0.3) is 11.0 Å². The van der Waals surface area contributed by atoms with E-state index in [1.807, 2.05) is 13.0 Å². The average molecular weight is 134 g/mol. The van der Waals surface area contributed by atoms with Crippen molar-refractivity contribution in [1.82, 2.24) is 10.1 Å². The smallest absolute Gasteiger partial charge is 0.187 e.